The number of halogens is 1. The van der Waals surface area contributed by atoms with Crippen molar-refractivity contribution >= 4 is 0 Å². The molecular weight excluding hydrogens is 197 g/mol. The van der Waals surface area contributed by atoms with E-state index in [4.69, 9.17) is 4.74 Å². The number of hydrogen-bond acceptors (Lipinski definition) is 3. The quantitative estimate of drug-likeness (QED) is 0.762. The molecule has 4 heteroatoms. The molecule has 3 nitrogen and oxygen atoms in total. The molecule has 2 N–H and O–H groups in total. The molecule has 2 atom stereocenters. The highest BCUT2D eigenvalue weighted by molar-refractivity contribution is 5.20. The van der Waals surface area contributed by atoms with Gasteiger partial charge < -0.3 is 15.2 Å². The third-order valence-corrected chi connectivity index (χ3v) is 2.52. The molecule has 2 unspecified atom stereocenters. The lowest BCUT2D eigenvalue weighted by Gasteiger charge is -2.28. The lowest BCUT2D eigenvalue weighted by Crippen LogP contribution is -2.45. The summed E-state index contributed by atoms with van der Waals surface area (Å²) in [6, 6.07) is 5.87. The van der Waals surface area contributed by atoms with E-state index in [0.29, 0.717) is 18.8 Å². The van der Waals surface area contributed by atoms with Crippen molar-refractivity contribution in [1.29, 1.82) is 0 Å². The standard InChI is InChI=1S/C11H14FNO2/c12-9-3-1-2-8(6-9)11(14)10-7-15-5-4-13-10/h1-3,6,10-11,13-14H,4-5,7H2. The first-order chi connectivity index (χ1) is 7.27. The average molecular weight is 211 g/mol. The molecular formula is C11H14FNO2. The van der Waals surface area contributed by atoms with E-state index in [-0.39, 0.29) is 11.9 Å². The molecule has 1 aromatic carbocycles. The molecule has 1 aliphatic heterocycles. The van der Waals surface area contributed by atoms with Gasteiger partial charge in [-0.1, -0.05) is 12.1 Å². The fraction of sp³-hybridized carbons (Fsp3) is 0.455. The SMILES string of the molecule is OC(c1cccc(F)c1)C1COCCN1. The Labute approximate surface area is 87.9 Å². The highest BCUT2D eigenvalue weighted by Crippen LogP contribution is 2.19. The zero-order valence-corrected chi connectivity index (χ0v) is 8.32. The second-order valence-electron chi connectivity index (χ2n) is 3.64. The third kappa shape index (κ3) is 2.53. The Morgan fingerprint density at radius 2 is 2.40 bits per heavy atom. The van der Waals surface area contributed by atoms with Gasteiger partial charge in [-0.05, 0) is 17.7 Å². The second kappa shape index (κ2) is 4.70. The summed E-state index contributed by atoms with van der Waals surface area (Å²) in [5, 5.41) is 13.1. The van der Waals surface area contributed by atoms with Crippen LogP contribution in [-0.4, -0.2) is 30.9 Å². The lowest BCUT2D eigenvalue weighted by atomic mass is 10.0. The molecule has 15 heavy (non-hydrogen) atoms. The zero-order chi connectivity index (χ0) is 10.7. The Morgan fingerprint density at radius 3 is 3.07 bits per heavy atom. The molecule has 2 rings (SSSR count). The Balaban J connectivity index is 2.08. The molecule has 0 saturated carbocycles. The van der Waals surface area contributed by atoms with E-state index in [1.807, 2.05) is 0 Å². The van der Waals surface area contributed by atoms with Crippen LogP contribution < -0.4 is 5.32 Å². The maximum atomic E-state index is 12.9. The van der Waals surface area contributed by atoms with Gasteiger partial charge in [0.2, 0.25) is 0 Å². The topological polar surface area (TPSA) is 41.5 Å². The molecule has 82 valence electrons. The number of ether oxygens (including phenoxy) is 1. The molecule has 0 radical (unpaired) electrons. The van der Waals surface area contributed by atoms with Crippen LogP contribution in [0.1, 0.15) is 11.7 Å². The molecule has 0 aliphatic carbocycles. The van der Waals surface area contributed by atoms with Crippen molar-refractivity contribution in [3.05, 3.63) is 35.6 Å². The molecule has 0 bridgehead atoms. The minimum absolute atomic E-state index is 0.152. The maximum absolute atomic E-state index is 12.9. The van der Waals surface area contributed by atoms with Crippen molar-refractivity contribution in [2.75, 3.05) is 19.8 Å². The summed E-state index contributed by atoms with van der Waals surface area (Å²) in [7, 11) is 0. The fourth-order valence-electron chi connectivity index (χ4n) is 1.71. The van der Waals surface area contributed by atoms with Crippen molar-refractivity contribution in [1.82, 2.24) is 5.32 Å². The van der Waals surface area contributed by atoms with Gasteiger partial charge in [0.05, 0.1) is 25.4 Å². The van der Waals surface area contributed by atoms with Crippen molar-refractivity contribution in [2.45, 2.75) is 12.1 Å². The summed E-state index contributed by atoms with van der Waals surface area (Å²) >= 11 is 0. The van der Waals surface area contributed by atoms with E-state index in [2.05, 4.69) is 5.32 Å². The van der Waals surface area contributed by atoms with Gasteiger partial charge >= 0.3 is 0 Å². The van der Waals surface area contributed by atoms with E-state index in [0.717, 1.165) is 6.54 Å². The molecule has 0 spiro atoms. The predicted molar refractivity (Wildman–Crippen MR) is 54.0 cm³/mol. The van der Waals surface area contributed by atoms with Crippen LogP contribution in [0.4, 0.5) is 4.39 Å². The van der Waals surface area contributed by atoms with Gasteiger partial charge in [-0.25, -0.2) is 4.39 Å². The Kier molecular flexibility index (Phi) is 3.30. The first-order valence-electron chi connectivity index (χ1n) is 5.02. The van der Waals surface area contributed by atoms with Crippen molar-refractivity contribution in [2.24, 2.45) is 0 Å². The minimum Gasteiger partial charge on any atom is -0.387 e. The Bertz CT molecular complexity index is 326. The predicted octanol–water partition coefficient (Wildman–Crippen LogP) is 0.847. The van der Waals surface area contributed by atoms with Crippen molar-refractivity contribution < 1.29 is 14.2 Å². The maximum Gasteiger partial charge on any atom is 0.123 e. The van der Waals surface area contributed by atoms with Crippen molar-refractivity contribution in [3.8, 4) is 0 Å². The lowest BCUT2D eigenvalue weighted by molar-refractivity contribution is 0.0176. The summed E-state index contributed by atoms with van der Waals surface area (Å²) in [6.07, 6.45) is -0.721. The third-order valence-electron chi connectivity index (χ3n) is 2.52. The summed E-state index contributed by atoms with van der Waals surface area (Å²) < 4.78 is 18.2. The van der Waals surface area contributed by atoms with Gasteiger partial charge in [0.25, 0.3) is 0 Å². The normalized spacial score (nSPS) is 23.7. The molecule has 1 saturated heterocycles. The number of aliphatic hydroxyl groups excluding tert-OH is 1. The zero-order valence-electron chi connectivity index (χ0n) is 8.32. The summed E-state index contributed by atoms with van der Waals surface area (Å²) in [5.41, 5.74) is 0.581. The molecule has 1 fully saturated rings. The van der Waals surface area contributed by atoms with Gasteiger partial charge in [-0.2, -0.15) is 0 Å². The van der Waals surface area contributed by atoms with E-state index in [9.17, 15) is 9.50 Å². The van der Waals surface area contributed by atoms with Crippen LogP contribution in [0.3, 0.4) is 0 Å². The van der Waals surface area contributed by atoms with E-state index < -0.39 is 6.10 Å². The highest BCUT2D eigenvalue weighted by atomic mass is 19.1. The number of hydrogen-bond donors (Lipinski definition) is 2. The smallest absolute Gasteiger partial charge is 0.123 e. The second-order valence-corrected chi connectivity index (χ2v) is 3.64. The van der Waals surface area contributed by atoms with Crippen LogP contribution >= 0.6 is 0 Å². The molecule has 1 aliphatic rings. The van der Waals surface area contributed by atoms with Gasteiger partial charge in [0, 0.05) is 6.54 Å². The van der Waals surface area contributed by atoms with Crippen LogP contribution in [-0.2, 0) is 4.74 Å². The number of morpholine rings is 1. The molecule has 1 aromatic rings. The van der Waals surface area contributed by atoms with Crippen molar-refractivity contribution in [3.63, 3.8) is 0 Å². The molecule has 0 amide bonds. The Morgan fingerprint density at radius 1 is 1.53 bits per heavy atom. The van der Waals surface area contributed by atoms with Crippen LogP contribution in [0.15, 0.2) is 24.3 Å². The number of aliphatic hydroxyl groups is 1. The van der Waals surface area contributed by atoms with E-state index >= 15 is 0 Å². The number of nitrogens with one attached hydrogen (secondary N) is 1. The van der Waals surface area contributed by atoms with Gasteiger partial charge in [-0.3, -0.25) is 0 Å². The molecule has 1 heterocycles. The first-order valence-corrected chi connectivity index (χ1v) is 5.02. The van der Waals surface area contributed by atoms with E-state index in [1.165, 1.54) is 12.1 Å². The van der Waals surface area contributed by atoms with Crippen LogP contribution in [0, 0.1) is 5.82 Å². The van der Waals surface area contributed by atoms with E-state index in [1.54, 1.807) is 12.1 Å². The Hall–Kier alpha value is -0.970. The van der Waals surface area contributed by atoms with Crippen LogP contribution in [0.2, 0.25) is 0 Å². The van der Waals surface area contributed by atoms with Gasteiger partial charge in [-0.15, -0.1) is 0 Å². The largest absolute Gasteiger partial charge is 0.387 e. The average Bonchev–Trinajstić information content (AvgIpc) is 2.29. The molecule has 0 aromatic heterocycles. The van der Waals surface area contributed by atoms with Gasteiger partial charge in [0.1, 0.15) is 5.82 Å². The summed E-state index contributed by atoms with van der Waals surface area (Å²) in [5.74, 6) is -0.330. The number of benzene rings is 1. The summed E-state index contributed by atoms with van der Waals surface area (Å²) in [4.78, 5) is 0. The van der Waals surface area contributed by atoms with Crippen LogP contribution in [0.5, 0.6) is 0 Å². The van der Waals surface area contributed by atoms with Crippen LogP contribution in [0.25, 0.3) is 0 Å². The van der Waals surface area contributed by atoms with Gasteiger partial charge in [0.15, 0.2) is 0 Å². The minimum atomic E-state index is -0.721. The fourth-order valence-corrected chi connectivity index (χ4v) is 1.71. The first kappa shape index (κ1) is 10.5. The monoisotopic (exact) mass is 211 g/mol. The highest BCUT2D eigenvalue weighted by Gasteiger charge is 2.23. The number of rotatable bonds is 2. The summed E-state index contributed by atoms with van der Waals surface area (Å²) in [6.45, 7) is 1.83.